The average molecular weight is 508 g/mol. The van der Waals surface area contributed by atoms with Crippen LogP contribution in [-0.2, 0) is 9.59 Å². The van der Waals surface area contributed by atoms with Crippen LogP contribution in [0.15, 0.2) is 58.8 Å². The first-order chi connectivity index (χ1) is 17.5. The Kier molecular flexibility index (Phi) is 8.72. The summed E-state index contributed by atoms with van der Waals surface area (Å²) in [5, 5.41) is 22.5. The van der Waals surface area contributed by atoms with Crippen LogP contribution in [0.1, 0.15) is 49.3 Å². The maximum atomic E-state index is 12.5. The summed E-state index contributed by atoms with van der Waals surface area (Å²) in [7, 11) is 0. The second-order valence-corrected chi connectivity index (χ2v) is 9.58. The lowest BCUT2D eigenvalue weighted by atomic mass is 9.95. The van der Waals surface area contributed by atoms with E-state index in [0.717, 1.165) is 29.4 Å². The van der Waals surface area contributed by atoms with E-state index in [1.54, 1.807) is 24.3 Å². The van der Waals surface area contributed by atoms with Crippen molar-refractivity contribution in [2.45, 2.75) is 50.2 Å². The zero-order valence-corrected chi connectivity index (χ0v) is 20.9. The SMILES string of the molecule is Cc1ccc(-c2nnc(SCC(=O)N/N=C\c3ccccc3OCC(=O)O)n2C2CCCCC2)cc1. The molecule has 1 aliphatic rings. The van der Waals surface area contributed by atoms with Gasteiger partial charge in [-0.1, -0.05) is 73.0 Å². The van der Waals surface area contributed by atoms with Crippen molar-refractivity contribution in [2.75, 3.05) is 12.4 Å². The maximum Gasteiger partial charge on any atom is 0.341 e. The smallest absolute Gasteiger partial charge is 0.341 e. The number of nitrogens with zero attached hydrogens (tertiary/aromatic N) is 4. The highest BCUT2D eigenvalue weighted by Gasteiger charge is 2.24. The van der Waals surface area contributed by atoms with E-state index in [-0.39, 0.29) is 11.7 Å². The van der Waals surface area contributed by atoms with Crippen molar-refractivity contribution < 1.29 is 19.4 Å². The molecule has 0 radical (unpaired) electrons. The molecule has 3 aromatic rings. The van der Waals surface area contributed by atoms with E-state index in [4.69, 9.17) is 9.84 Å². The Bertz CT molecular complexity index is 1220. The van der Waals surface area contributed by atoms with Gasteiger partial charge >= 0.3 is 5.97 Å². The normalized spacial score (nSPS) is 14.1. The molecule has 188 valence electrons. The molecule has 9 nitrogen and oxygen atoms in total. The Morgan fingerprint density at radius 1 is 1.14 bits per heavy atom. The number of para-hydroxylation sites is 1. The number of carboxylic acid groups (broad SMARTS) is 1. The molecule has 0 atom stereocenters. The monoisotopic (exact) mass is 507 g/mol. The molecule has 1 aliphatic carbocycles. The summed E-state index contributed by atoms with van der Waals surface area (Å²) in [5.74, 6) is -0.0148. The van der Waals surface area contributed by atoms with Gasteiger partial charge in [0.15, 0.2) is 17.6 Å². The molecule has 1 saturated carbocycles. The number of thioether (sulfide) groups is 1. The fourth-order valence-corrected chi connectivity index (χ4v) is 4.94. The van der Waals surface area contributed by atoms with Gasteiger partial charge in [-0.15, -0.1) is 10.2 Å². The topological polar surface area (TPSA) is 119 Å². The van der Waals surface area contributed by atoms with Crippen LogP contribution in [0.2, 0.25) is 0 Å². The summed E-state index contributed by atoms with van der Waals surface area (Å²) < 4.78 is 7.45. The van der Waals surface area contributed by atoms with E-state index >= 15 is 0 Å². The highest BCUT2D eigenvalue weighted by atomic mass is 32.2. The van der Waals surface area contributed by atoms with E-state index in [2.05, 4.69) is 56.5 Å². The molecule has 0 bridgehead atoms. The van der Waals surface area contributed by atoms with E-state index in [1.807, 2.05) is 0 Å². The first-order valence-electron chi connectivity index (χ1n) is 11.9. The fourth-order valence-electron chi connectivity index (χ4n) is 4.14. The second-order valence-electron chi connectivity index (χ2n) is 8.64. The second kappa shape index (κ2) is 12.3. The van der Waals surface area contributed by atoms with Gasteiger partial charge in [0.2, 0.25) is 0 Å². The molecule has 2 aromatic carbocycles. The molecule has 1 heterocycles. The van der Waals surface area contributed by atoms with Gasteiger partial charge in [-0.3, -0.25) is 9.36 Å². The summed E-state index contributed by atoms with van der Waals surface area (Å²) in [4.78, 5) is 23.3. The molecular weight excluding hydrogens is 478 g/mol. The number of amides is 1. The summed E-state index contributed by atoms with van der Waals surface area (Å²) in [5.41, 5.74) is 5.28. The van der Waals surface area contributed by atoms with Crippen LogP contribution in [0.5, 0.6) is 5.75 Å². The molecule has 10 heteroatoms. The number of ether oxygens (including phenoxy) is 1. The van der Waals surface area contributed by atoms with Crippen molar-refractivity contribution >= 4 is 29.9 Å². The number of carboxylic acids is 1. The highest BCUT2D eigenvalue weighted by Crippen LogP contribution is 2.35. The predicted molar refractivity (Wildman–Crippen MR) is 138 cm³/mol. The third kappa shape index (κ3) is 6.72. The standard InChI is InChI=1S/C26H29N5O4S/c1-18-11-13-19(14-12-18)25-29-30-26(31(25)21-8-3-2-4-9-21)36-17-23(32)28-27-15-20-7-5-6-10-22(20)35-16-24(33)34/h5-7,10-15,21H,2-4,8-9,16-17H2,1H3,(H,28,32)(H,33,34)/b27-15-. The number of rotatable bonds is 10. The first-order valence-corrected chi connectivity index (χ1v) is 12.9. The number of benzene rings is 2. The van der Waals surface area contributed by atoms with Gasteiger partial charge in [0.25, 0.3) is 5.91 Å². The molecule has 4 rings (SSSR count). The van der Waals surface area contributed by atoms with Crippen molar-refractivity contribution in [2.24, 2.45) is 5.10 Å². The van der Waals surface area contributed by atoms with Crippen LogP contribution in [0.3, 0.4) is 0 Å². The van der Waals surface area contributed by atoms with Gasteiger partial charge in [0.05, 0.1) is 12.0 Å². The number of carbonyl (C=O) groups is 2. The minimum absolute atomic E-state index is 0.132. The Balaban J connectivity index is 1.42. The van der Waals surface area contributed by atoms with Crippen LogP contribution >= 0.6 is 11.8 Å². The number of aromatic nitrogens is 3. The van der Waals surface area contributed by atoms with E-state index < -0.39 is 12.6 Å². The lowest BCUT2D eigenvalue weighted by Gasteiger charge is -2.25. The van der Waals surface area contributed by atoms with Gasteiger partial charge in [-0.25, -0.2) is 10.2 Å². The van der Waals surface area contributed by atoms with Crippen molar-refractivity contribution in [1.29, 1.82) is 0 Å². The van der Waals surface area contributed by atoms with Crippen LogP contribution in [0.4, 0.5) is 0 Å². The largest absolute Gasteiger partial charge is 0.481 e. The molecule has 0 saturated heterocycles. The zero-order chi connectivity index (χ0) is 25.3. The molecule has 1 amide bonds. The van der Waals surface area contributed by atoms with Crippen LogP contribution in [0.25, 0.3) is 11.4 Å². The summed E-state index contributed by atoms with van der Waals surface area (Å²) in [6.07, 6.45) is 7.17. The van der Waals surface area contributed by atoms with Crippen molar-refractivity contribution in [3.8, 4) is 17.1 Å². The van der Waals surface area contributed by atoms with Crippen LogP contribution < -0.4 is 10.2 Å². The Hall–Kier alpha value is -3.66. The molecule has 36 heavy (non-hydrogen) atoms. The predicted octanol–water partition coefficient (Wildman–Crippen LogP) is 4.46. The van der Waals surface area contributed by atoms with Gasteiger partial charge in [0, 0.05) is 17.2 Å². The summed E-state index contributed by atoms with van der Waals surface area (Å²) in [6.45, 7) is 1.60. The molecule has 1 fully saturated rings. The van der Waals surface area contributed by atoms with Crippen LogP contribution in [0, 0.1) is 6.92 Å². The number of hydrogen-bond acceptors (Lipinski definition) is 7. The lowest BCUT2D eigenvalue weighted by molar-refractivity contribution is -0.139. The summed E-state index contributed by atoms with van der Waals surface area (Å²) in [6, 6.07) is 15.5. The van der Waals surface area contributed by atoms with Crippen molar-refractivity contribution in [3.63, 3.8) is 0 Å². The molecule has 0 unspecified atom stereocenters. The van der Waals surface area contributed by atoms with Crippen molar-refractivity contribution in [1.82, 2.24) is 20.2 Å². The van der Waals surface area contributed by atoms with Gasteiger partial charge in [-0.05, 0) is 31.9 Å². The number of carbonyl (C=O) groups excluding carboxylic acids is 1. The Morgan fingerprint density at radius 3 is 2.64 bits per heavy atom. The Labute approximate surface area is 214 Å². The quantitative estimate of drug-likeness (QED) is 0.236. The third-order valence-electron chi connectivity index (χ3n) is 5.91. The molecule has 1 aromatic heterocycles. The molecule has 0 aliphatic heterocycles. The van der Waals surface area contributed by atoms with E-state index in [0.29, 0.717) is 17.4 Å². The maximum absolute atomic E-state index is 12.5. The third-order valence-corrected chi connectivity index (χ3v) is 6.85. The Morgan fingerprint density at radius 2 is 1.89 bits per heavy atom. The minimum atomic E-state index is -1.07. The fraction of sp³-hybridized carbons (Fsp3) is 0.346. The van der Waals surface area contributed by atoms with Gasteiger partial charge < -0.3 is 9.84 Å². The van der Waals surface area contributed by atoms with Gasteiger partial charge in [-0.2, -0.15) is 5.10 Å². The van der Waals surface area contributed by atoms with Gasteiger partial charge in [0.1, 0.15) is 5.75 Å². The number of aliphatic carboxylic acids is 1. The zero-order valence-electron chi connectivity index (χ0n) is 20.1. The molecule has 2 N–H and O–H groups in total. The van der Waals surface area contributed by atoms with Crippen LogP contribution in [-0.4, -0.2) is 50.3 Å². The molecular formula is C26H29N5O4S. The highest BCUT2D eigenvalue weighted by molar-refractivity contribution is 7.99. The number of aryl methyl sites for hydroxylation is 1. The number of hydrogen-bond donors (Lipinski definition) is 2. The summed E-state index contributed by atoms with van der Waals surface area (Å²) >= 11 is 1.34. The lowest BCUT2D eigenvalue weighted by Crippen LogP contribution is -2.21. The minimum Gasteiger partial charge on any atom is -0.481 e. The average Bonchev–Trinajstić information content (AvgIpc) is 3.32. The first kappa shape index (κ1) is 25.4. The van der Waals surface area contributed by atoms with E-state index in [1.165, 1.54) is 42.8 Å². The molecule has 0 spiro atoms. The van der Waals surface area contributed by atoms with Crippen molar-refractivity contribution in [3.05, 3.63) is 59.7 Å². The number of nitrogens with one attached hydrogen (secondary N) is 1. The van der Waals surface area contributed by atoms with E-state index in [9.17, 15) is 9.59 Å². The number of hydrazone groups is 1.